The molecule has 7 saturated carbocycles. The average Bonchev–Trinajstić information content (AvgIpc) is 2.89. The van der Waals surface area contributed by atoms with Crippen LogP contribution in [0.1, 0.15) is 102 Å². The summed E-state index contributed by atoms with van der Waals surface area (Å²) in [5.41, 5.74) is -4.36. The number of hydrogen-bond acceptors (Lipinski definition) is 3. The van der Waals surface area contributed by atoms with Gasteiger partial charge < -0.3 is 0 Å². The zero-order valence-electron chi connectivity index (χ0n) is 22.5. The molecule has 0 atom stereocenters. The summed E-state index contributed by atoms with van der Waals surface area (Å²) >= 11 is 0. The standard InChI is InChI=1S/C30H40F4O3S/c1-21-3-7-23(8-4-21)25-11-14-26(15-12-25,16-13-25)27-17-19-28(20-18-27,30(33,34)29(27,31)32)37-38(35,36)24-9-5-22(2)6-10-24/h5-6,9-10,21,23H,3-4,7-8,11-20H2,1-2H3. The maximum atomic E-state index is 16.3. The molecule has 0 aromatic heterocycles. The van der Waals surface area contributed by atoms with Crippen molar-refractivity contribution in [3.8, 4) is 0 Å². The Hall–Kier alpha value is -1.15. The number of benzene rings is 1. The third-order valence-electron chi connectivity index (χ3n) is 12.3. The summed E-state index contributed by atoms with van der Waals surface area (Å²) in [6, 6.07) is 5.62. The average molecular weight is 557 g/mol. The van der Waals surface area contributed by atoms with E-state index in [0.29, 0.717) is 25.2 Å². The van der Waals surface area contributed by atoms with E-state index in [1.165, 1.54) is 49.9 Å². The first-order valence-electron chi connectivity index (χ1n) is 14.5. The summed E-state index contributed by atoms with van der Waals surface area (Å²) in [4.78, 5) is -0.286. The zero-order valence-corrected chi connectivity index (χ0v) is 23.3. The van der Waals surface area contributed by atoms with Gasteiger partial charge in [0.15, 0.2) is 5.60 Å². The largest absolute Gasteiger partial charge is 0.340 e. The van der Waals surface area contributed by atoms with Gasteiger partial charge in [-0.3, -0.25) is 4.18 Å². The van der Waals surface area contributed by atoms with E-state index in [1.54, 1.807) is 6.92 Å². The Labute approximate surface area is 224 Å². The minimum atomic E-state index is -4.64. The number of alkyl halides is 4. The number of rotatable bonds is 5. The van der Waals surface area contributed by atoms with Crippen LogP contribution >= 0.6 is 0 Å². The van der Waals surface area contributed by atoms with Gasteiger partial charge in [0.1, 0.15) is 0 Å². The normalized spacial score (nSPS) is 43.7. The Bertz CT molecular complexity index is 1150. The summed E-state index contributed by atoms with van der Waals surface area (Å²) in [6.45, 7) is 4.06. The number of fused-ring (bicyclic) bond motifs is 6. The van der Waals surface area contributed by atoms with E-state index < -0.39 is 38.4 Å². The van der Waals surface area contributed by atoms with Crippen molar-refractivity contribution in [3.63, 3.8) is 0 Å². The lowest BCUT2D eigenvalue weighted by molar-refractivity contribution is -0.403. The van der Waals surface area contributed by atoms with Crippen LogP contribution in [0.3, 0.4) is 0 Å². The number of halogens is 4. The molecule has 8 rings (SSSR count). The first-order chi connectivity index (χ1) is 17.7. The summed E-state index contributed by atoms with van der Waals surface area (Å²) in [5.74, 6) is -7.54. The molecule has 4 bridgehead atoms. The van der Waals surface area contributed by atoms with Crippen molar-refractivity contribution in [1.29, 1.82) is 0 Å². The second-order valence-corrected chi connectivity index (χ2v) is 15.2. The van der Waals surface area contributed by atoms with E-state index in [2.05, 4.69) is 6.92 Å². The first-order valence-corrected chi connectivity index (χ1v) is 15.9. The van der Waals surface area contributed by atoms with Gasteiger partial charge in [-0.2, -0.15) is 26.0 Å². The van der Waals surface area contributed by atoms with Crippen LogP contribution in [0.25, 0.3) is 0 Å². The minimum Gasteiger partial charge on any atom is -0.253 e. The van der Waals surface area contributed by atoms with Gasteiger partial charge in [0.25, 0.3) is 10.1 Å². The maximum absolute atomic E-state index is 16.3. The SMILES string of the molecule is Cc1ccc(S(=O)(=O)OC23CCC(C45CCC(C6CCC(C)CC6)(CC4)CC5)(CC2)C(F)(F)C3(F)F)cc1. The van der Waals surface area contributed by atoms with Crippen molar-refractivity contribution < 1.29 is 30.2 Å². The molecular weight excluding hydrogens is 516 g/mol. The van der Waals surface area contributed by atoms with Crippen molar-refractivity contribution in [2.45, 2.75) is 126 Å². The summed E-state index contributed by atoms with van der Waals surface area (Å²) < 4.78 is 95.9. The van der Waals surface area contributed by atoms with Gasteiger partial charge in [0.2, 0.25) is 0 Å². The van der Waals surface area contributed by atoms with Crippen LogP contribution in [0, 0.1) is 35.0 Å². The molecule has 3 nitrogen and oxygen atoms in total. The quantitative estimate of drug-likeness (QED) is 0.270. The molecule has 0 radical (unpaired) electrons. The maximum Gasteiger partial charge on any atom is 0.340 e. The van der Waals surface area contributed by atoms with Crippen molar-refractivity contribution in [3.05, 3.63) is 29.8 Å². The fourth-order valence-corrected chi connectivity index (χ4v) is 10.9. The van der Waals surface area contributed by atoms with Gasteiger partial charge in [-0.15, -0.1) is 0 Å². The van der Waals surface area contributed by atoms with Crippen LogP contribution in [0.4, 0.5) is 17.6 Å². The molecule has 7 aliphatic carbocycles. The van der Waals surface area contributed by atoms with Gasteiger partial charge in [-0.25, -0.2) is 0 Å². The molecular formula is C30H40F4O3S. The second-order valence-electron chi connectivity index (χ2n) is 13.7. The van der Waals surface area contributed by atoms with Crippen molar-refractivity contribution in [1.82, 2.24) is 0 Å². The van der Waals surface area contributed by atoms with Gasteiger partial charge in [0.05, 0.1) is 4.90 Å². The van der Waals surface area contributed by atoms with Crippen molar-refractivity contribution >= 4 is 10.1 Å². The highest BCUT2D eigenvalue weighted by Gasteiger charge is 2.86. The highest BCUT2D eigenvalue weighted by molar-refractivity contribution is 7.86. The van der Waals surface area contributed by atoms with Crippen LogP contribution in [0.5, 0.6) is 0 Å². The second kappa shape index (κ2) is 8.43. The van der Waals surface area contributed by atoms with E-state index >= 15 is 17.6 Å². The Morgan fingerprint density at radius 2 is 1.26 bits per heavy atom. The fourth-order valence-electron chi connectivity index (χ4n) is 9.67. The molecule has 1 aromatic rings. The van der Waals surface area contributed by atoms with Crippen LogP contribution in [0.15, 0.2) is 29.2 Å². The molecule has 7 fully saturated rings. The minimum absolute atomic E-state index is 0.118. The molecule has 0 heterocycles. The Morgan fingerprint density at radius 1 is 0.737 bits per heavy atom. The molecule has 0 aliphatic heterocycles. The van der Waals surface area contributed by atoms with E-state index in [9.17, 15) is 8.42 Å². The molecule has 38 heavy (non-hydrogen) atoms. The Balaban J connectivity index is 1.27. The number of aryl methyl sites for hydroxylation is 1. The highest BCUT2D eigenvalue weighted by Crippen LogP contribution is 2.78. The number of hydrogen-bond donors (Lipinski definition) is 0. The molecule has 8 heteroatoms. The van der Waals surface area contributed by atoms with E-state index in [4.69, 9.17) is 4.18 Å². The molecule has 0 unspecified atom stereocenters. The predicted octanol–water partition coefficient (Wildman–Crippen LogP) is 8.45. The summed E-state index contributed by atoms with van der Waals surface area (Å²) in [7, 11) is -4.64. The molecule has 0 amide bonds. The van der Waals surface area contributed by atoms with Crippen molar-refractivity contribution in [2.75, 3.05) is 0 Å². The smallest absolute Gasteiger partial charge is 0.253 e. The lowest BCUT2D eigenvalue weighted by Crippen LogP contribution is -2.77. The van der Waals surface area contributed by atoms with Crippen molar-refractivity contribution in [2.24, 2.45) is 28.1 Å². The van der Waals surface area contributed by atoms with E-state index in [1.807, 2.05) is 0 Å². The first kappa shape index (κ1) is 27.0. The van der Waals surface area contributed by atoms with Crippen LogP contribution in [0.2, 0.25) is 0 Å². The van der Waals surface area contributed by atoms with Crippen LogP contribution in [-0.2, 0) is 14.3 Å². The fraction of sp³-hybridized carbons (Fsp3) is 0.800. The van der Waals surface area contributed by atoms with Gasteiger partial charge in [0, 0.05) is 5.41 Å². The van der Waals surface area contributed by atoms with Gasteiger partial charge in [-0.1, -0.05) is 37.5 Å². The molecule has 1 aromatic carbocycles. The predicted molar refractivity (Wildman–Crippen MR) is 137 cm³/mol. The van der Waals surface area contributed by atoms with Crippen LogP contribution in [-0.4, -0.2) is 25.9 Å². The Kier molecular flexibility index (Phi) is 6.00. The van der Waals surface area contributed by atoms with Crippen LogP contribution < -0.4 is 0 Å². The van der Waals surface area contributed by atoms with E-state index in [0.717, 1.165) is 30.7 Å². The van der Waals surface area contributed by atoms with Gasteiger partial charge >= 0.3 is 11.8 Å². The lowest BCUT2D eigenvalue weighted by atomic mass is 9.37. The lowest BCUT2D eigenvalue weighted by Gasteiger charge is -2.70. The molecule has 7 aliphatic rings. The molecule has 212 valence electrons. The summed E-state index contributed by atoms with van der Waals surface area (Å²) in [6.07, 6.45) is 8.20. The van der Waals surface area contributed by atoms with E-state index in [-0.39, 0.29) is 36.0 Å². The third kappa shape index (κ3) is 3.43. The monoisotopic (exact) mass is 556 g/mol. The molecule has 0 saturated heterocycles. The molecule has 0 spiro atoms. The summed E-state index contributed by atoms with van der Waals surface area (Å²) in [5, 5.41) is 0. The topological polar surface area (TPSA) is 43.4 Å². The Morgan fingerprint density at radius 3 is 1.79 bits per heavy atom. The third-order valence-corrected chi connectivity index (χ3v) is 13.6. The zero-order chi connectivity index (χ0) is 27.2. The molecule has 0 N–H and O–H groups in total. The van der Waals surface area contributed by atoms with Gasteiger partial charge in [-0.05, 0) is 119 Å². The highest BCUT2D eigenvalue weighted by atomic mass is 32.2.